The van der Waals surface area contributed by atoms with Gasteiger partial charge in [-0.2, -0.15) is 0 Å². The molecule has 2 aliphatic carbocycles. The molecule has 4 atom stereocenters. The quantitative estimate of drug-likeness (QED) is 0.512. The van der Waals surface area contributed by atoms with Crippen LogP contribution in [0, 0.1) is 22.7 Å². The highest BCUT2D eigenvalue weighted by Gasteiger charge is 2.36. The average Bonchev–Trinajstić information content (AvgIpc) is 2.20. The summed E-state index contributed by atoms with van der Waals surface area (Å²) in [6.07, 6.45) is 7.74. The van der Waals surface area contributed by atoms with Crippen LogP contribution in [0.25, 0.3) is 0 Å². The second-order valence-electron chi connectivity index (χ2n) is 9.26. The van der Waals surface area contributed by atoms with Gasteiger partial charge < -0.3 is 0 Å². The first-order chi connectivity index (χ1) is 9.15. The van der Waals surface area contributed by atoms with Crippen LogP contribution in [0.1, 0.15) is 80.1 Å². The minimum Gasteiger partial charge on any atom is -0.233 e. The van der Waals surface area contributed by atoms with Gasteiger partial charge in [-0.1, -0.05) is 41.5 Å². The summed E-state index contributed by atoms with van der Waals surface area (Å²) >= 11 is 0. The van der Waals surface area contributed by atoms with Crippen molar-refractivity contribution in [3.63, 3.8) is 0 Å². The number of hydrogen-bond donors (Lipinski definition) is 0. The van der Waals surface area contributed by atoms with Crippen molar-refractivity contribution in [3.8, 4) is 0 Å². The molecule has 20 heavy (non-hydrogen) atoms. The van der Waals surface area contributed by atoms with Crippen molar-refractivity contribution >= 4 is 0 Å². The van der Waals surface area contributed by atoms with E-state index in [9.17, 15) is 0 Å². The topological polar surface area (TPSA) is 18.5 Å². The molecule has 2 aliphatic rings. The summed E-state index contributed by atoms with van der Waals surface area (Å²) in [5, 5.41) is 0. The van der Waals surface area contributed by atoms with Gasteiger partial charge in [0.05, 0.1) is 12.2 Å². The zero-order valence-corrected chi connectivity index (χ0v) is 14.4. The third kappa shape index (κ3) is 4.73. The Bertz CT molecular complexity index is 289. The van der Waals surface area contributed by atoms with Gasteiger partial charge in [-0.05, 0) is 61.2 Å². The SMILES string of the molecule is CC1CC(OOC2CC(C)CC(C)(C)C2)CC(C)(C)C1. The number of rotatable bonds is 3. The Morgan fingerprint density at radius 3 is 1.30 bits per heavy atom. The molecule has 0 N–H and O–H groups in total. The molecule has 118 valence electrons. The lowest BCUT2D eigenvalue weighted by Crippen LogP contribution is -2.36. The average molecular weight is 282 g/mol. The summed E-state index contributed by atoms with van der Waals surface area (Å²) in [6, 6.07) is 0. The first kappa shape index (κ1) is 16.3. The van der Waals surface area contributed by atoms with Gasteiger partial charge in [0, 0.05) is 0 Å². The molecule has 2 fully saturated rings. The van der Waals surface area contributed by atoms with E-state index in [1.54, 1.807) is 0 Å². The maximum absolute atomic E-state index is 5.87. The summed E-state index contributed by atoms with van der Waals surface area (Å²) in [7, 11) is 0. The van der Waals surface area contributed by atoms with Gasteiger partial charge in [0.15, 0.2) is 0 Å². The largest absolute Gasteiger partial charge is 0.233 e. The van der Waals surface area contributed by atoms with Crippen LogP contribution < -0.4 is 0 Å². The minimum absolute atomic E-state index is 0.286. The summed E-state index contributed by atoms with van der Waals surface area (Å²) in [5.74, 6) is 1.49. The molecule has 0 aromatic rings. The molecule has 4 unspecified atom stereocenters. The van der Waals surface area contributed by atoms with Crippen LogP contribution in [-0.2, 0) is 9.78 Å². The molecule has 2 saturated carbocycles. The molecule has 0 saturated heterocycles. The van der Waals surface area contributed by atoms with Crippen molar-refractivity contribution in [1.82, 2.24) is 0 Å². The molecule has 2 rings (SSSR count). The van der Waals surface area contributed by atoms with E-state index in [1.807, 2.05) is 0 Å². The first-order valence-electron chi connectivity index (χ1n) is 8.47. The fourth-order valence-corrected chi connectivity index (χ4v) is 4.82. The molecular formula is C18H34O2. The van der Waals surface area contributed by atoms with Crippen LogP contribution in [0.4, 0.5) is 0 Å². The van der Waals surface area contributed by atoms with Crippen LogP contribution in [0.15, 0.2) is 0 Å². The predicted molar refractivity (Wildman–Crippen MR) is 83.3 cm³/mol. The standard InChI is InChI=1S/C18H34O2/c1-13-7-15(11-17(3,4)9-13)19-20-16-8-14(2)10-18(5,6)12-16/h13-16H,7-12H2,1-6H3. The van der Waals surface area contributed by atoms with E-state index < -0.39 is 0 Å². The smallest absolute Gasteiger partial charge is 0.0937 e. The Hall–Kier alpha value is -0.0800. The maximum atomic E-state index is 5.87. The second-order valence-corrected chi connectivity index (χ2v) is 9.26. The molecule has 0 bridgehead atoms. The Morgan fingerprint density at radius 1 is 0.650 bits per heavy atom. The van der Waals surface area contributed by atoms with E-state index in [4.69, 9.17) is 9.78 Å². The summed E-state index contributed by atoms with van der Waals surface area (Å²) < 4.78 is 0. The van der Waals surface area contributed by atoms with Crippen molar-refractivity contribution in [1.29, 1.82) is 0 Å². The van der Waals surface area contributed by atoms with Crippen LogP contribution in [0.5, 0.6) is 0 Å². The van der Waals surface area contributed by atoms with Crippen molar-refractivity contribution in [2.24, 2.45) is 22.7 Å². The van der Waals surface area contributed by atoms with Crippen LogP contribution in [0.3, 0.4) is 0 Å². The van der Waals surface area contributed by atoms with Crippen molar-refractivity contribution in [2.75, 3.05) is 0 Å². The van der Waals surface area contributed by atoms with Gasteiger partial charge in [0.1, 0.15) is 0 Å². The van der Waals surface area contributed by atoms with Gasteiger partial charge in [-0.25, -0.2) is 9.78 Å². The molecule has 0 aromatic carbocycles. The van der Waals surface area contributed by atoms with Gasteiger partial charge in [-0.3, -0.25) is 0 Å². The lowest BCUT2D eigenvalue weighted by Gasteiger charge is -2.41. The molecule has 0 radical (unpaired) electrons. The highest BCUT2D eigenvalue weighted by Crippen LogP contribution is 2.42. The molecule has 2 nitrogen and oxygen atoms in total. The van der Waals surface area contributed by atoms with E-state index in [-0.39, 0.29) is 12.2 Å². The highest BCUT2D eigenvalue weighted by molar-refractivity contribution is 4.84. The predicted octanol–water partition coefficient (Wildman–Crippen LogP) is 5.36. The molecule has 0 spiro atoms. The first-order valence-corrected chi connectivity index (χ1v) is 8.47. The molecule has 0 amide bonds. The fourth-order valence-electron chi connectivity index (χ4n) is 4.82. The van der Waals surface area contributed by atoms with Gasteiger partial charge >= 0.3 is 0 Å². The van der Waals surface area contributed by atoms with E-state index in [0.29, 0.717) is 10.8 Å². The van der Waals surface area contributed by atoms with Crippen molar-refractivity contribution in [3.05, 3.63) is 0 Å². The van der Waals surface area contributed by atoms with Crippen LogP contribution in [-0.4, -0.2) is 12.2 Å². The molecule has 0 aromatic heterocycles. The van der Waals surface area contributed by atoms with E-state index in [2.05, 4.69) is 41.5 Å². The minimum atomic E-state index is 0.286. The normalized spacial score (nSPS) is 40.5. The molecule has 0 aliphatic heterocycles. The Kier molecular flexibility index (Phi) is 4.86. The van der Waals surface area contributed by atoms with Crippen LogP contribution in [0.2, 0.25) is 0 Å². The van der Waals surface area contributed by atoms with Gasteiger partial charge in [0.25, 0.3) is 0 Å². The monoisotopic (exact) mass is 282 g/mol. The fraction of sp³-hybridized carbons (Fsp3) is 1.00. The van der Waals surface area contributed by atoms with E-state index >= 15 is 0 Å². The summed E-state index contributed by atoms with van der Waals surface area (Å²) in [5.41, 5.74) is 0.787. The maximum Gasteiger partial charge on any atom is 0.0937 e. The molecule has 2 heteroatoms. The van der Waals surface area contributed by atoms with Crippen molar-refractivity contribution < 1.29 is 9.78 Å². The third-order valence-electron chi connectivity index (χ3n) is 5.02. The van der Waals surface area contributed by atoms with E-state index in [0.717, 1.165) is 37.5 Å². The Labute approximate surface area is 125 Å². The Morgan fingerprint density at radius 2 is 1.00 bits per heavy atom. The van der Waals surface area contributed by atoms with Crippen molar-refractivity contribution in [2.45, 2.75) is 92.3 Å². The summed E-state index contributed by atoms with van der Waals surface area (Å²) in [6.45, 7) is 14.1. The third-order valence-corrected chi connectivity index (χ3v) is 5.02. The zero-order valence-electron chi connectivity index (χ0n) is 14.4. The van der Waals surface area contributed by atoms with Crippen LogP contribution >= 0.6 is 0 Å². The lowest BCUT2D eigenvalue weighted by atomic mass is 9.71. The molecular weight excluding hydrogens is 248 g/mol. The summed E-state index contributed by atoms with van der Waals surface area (Å²) in [4.78, 5) is 11.7. The number of hydrogen-bond acceptors (Lipinski definition) is 2. The Balaban J connectivity index is 1.82. The van der Waals surface area contributed by atoms with Gasteiger partial charge in [-0.15, -0.1) is 0 Å². The second kappa shape index (κ2) is 5.96. The van der Waals surface area contributed by atoms with E-state index in [1.165, 1.54) is 12.8 Å². The highest BCUT2D eigenvalue weighted by atomic mass is 17.2. The lowest BCUT2D eigenvalue weighted by molar-refractivity contribution is -0.368. The van der Waals surface area contributed by atoms with Gasteiger partial charge in [0.2, 0.25) is 0 Å². The zero-order chi connectivity index (χ0) is 15.0. The molecule has 0 heterocycles.